The average Bonchev–Trinajstić information content (AvgIpc) is 2.63. The van der Waals surface area contributed by atoms with Crippen molar-refractivity contribution in [3.05, 3.63) is 16.1 Å². The van der Waals surface area contributed by atoms with Crippen LogP contribution >= 0.6 is 11.3 Å². The summed E-state index contributed by atoms with van der Waals surface area (Å²) in [7, 11) is 0. The van der Waals surface area contributed by atoms with Gasteiger partial charge in [-0.3, -0.25) is 4.79 Å². The van der Waals surface area contributed by atoms with Crippen LogP contribution in [0.5, 0.6) is 0 Å². The van der Waals surface area contributed by atoms with Gasteiger partial charge in [-0.05, 0) is 25.9 Å². The molecule has 1 saturated heterocycles. The molecule has 2 heterocycles. The summed E-state index contributed by atoms with van der Waals surface area (Å²) in [6, 6.07) is 0. The lowest BCUT2D eigenvalue weighted by atomic mass is 10.2. The molecule has 0 amide bonds. The highest BCUT2D eigenvalue weighted by atomic mass is 32.1. The number of rotatable bonds is 4. The van der Waals surface area contributed by atoms with Gasteiger partial charge in [-0.1, -0.05) is 12.8 Å². The first-order valence-corrected chi connectivity index (χ1v) is 7.31. The van der Waals surface area contributed by atoms with Crippen molar-refractivity contribution in [3.63, 3.8) is 0 Å². The maximum atomic E-state index is 11.1. The van der Waals surface area contributed by atoms with E-state index in [-0.39, 0.29) is 5.78 Å². The molecule has 0 aliphatic carbocycles. The Morgan fingerprint density at radius 2 is 2.06 bits per heavy atom. The van der Waals surface area contributed by atoms with Crippen molar-refractivity contribution in [2.24, 2.45) is 0 Å². The summed E-state index contributed by atoms with van der Waals surface area (Å²) < 4.78 is 0. The summed E-state index contributed by atoms with van der Waals surface area (Å²) in [6.45, 7) is 5.12. The molecule has 0 saturated carbocycles. The summed E-state index contributed by atoms with van der Waals surface area (Å²) in [5, 5.41) is 2.97. The third kappa shape index (κ3) is 3.89. The number of aromatic nitrogens is 1. The Morgan fingerprint density at radius 1 is 1.35 bits per heavy atom. The van der Waals surface area contributed by atoms with Crippen LogP contribution in [0.25, 0.3) is 0 Å². The molecule has 17 heavy (non-hydrogen) atoms. The number of nitrogens with zero attached hydrogens (tertiary/aromatic N) is 2. The third-order valence-electron chi connectivity index (χ3n) is 3.25. The molecule has 4 heteroatoms. The number of carbonyl (C=O) groups is 1. The van der Waals surface area contributed by atoms with Gasteiger partial charge < -0.3 is 4.90 Å². The van der Waals surface area contributed by atoms with Crippen LogP contribution in [0.2, 0.25) is 0 Å². The highest BCUT2D eigenvalue weighted by Crippen LogP contribution is 2.14. The van der Waals surface area contributed by atoms with Crippen molar-refractivity contribution < 1.29 is 4.79 Å². The Labute approximate surface area is 107 Å². The lowest BCUT2D eigenvalue weighted by Gasteiger charge is -2.18. The summed E-state index contributed by atoms with van der Waals surface area (Å²) in [5.74, 6) is 0.0715. The molecule has 0 unspecified atom stereocenters. The molecule has 2 rings (SSSR count). The lowest BCUT2D eigenvalue weighted by molar-refractivity contribution is 0.101. The second-order valence-electron chi connectivity index (χ2n) is 4.69. The molecule has 94 valence electrons. The molecule has 1 aliphatic heterocycles. The van der Waals surface area contributed by atoms with E-state index in [1.165, 1.54) is 38.8 Å². The van der Waals surface area contributed by atoms with Crippen LogP contribution in [0.3, 0.4) is 0 Å². The molecule has 1 fully saturated rings. The fraction of sp³-hybridized carbons (Fsp3) is 0.692. The van der Waals surface area contributed by atoms with Crippen LogP contribution in [0.4, 0.5) is 0 Å². The van der Waals surface area contributed by atoms with Gasteiger partial charge >= 0.3 is 0 Å². The Morgan fingerprint density at radius 3 is 2.65 bits per heavy atom. The second kappa shape index (κ2) is 6.26. The molecule has 1 aromatic rings. The van der Waals surface area contributed by atoms with Crippen LogP contribution in [-0.2, 0) is 6.42 Å². The van der Waals surface area contributed by atoms with E-state index in [0.717, 1.165) is 18.0 Å². The molecule has 1 aliphatic rings. The van der Waals surface area contributed by atoms with Gasteiger partial charge in [0.05, 0.1) is 5.01 Å². The van der Waals surface area contributed by atoms with Crippen molar-refractivity contribution >= 4 is 17.1 Å². The largest absolute Gasteiger partial charge is 0.303 e. The van der Waals surface area contributed by atoms with Crippen LogP contribution < -0.4 is 0 Å². The van der Waals surface area contributed by atoms with Gasteiger partial charge in [0.2, 0.25) is 0 Å². The van der Waals surface area contributed by atoms with E-state index in [1.54, 1.807) is 18.3 Å². The van der Waals surface area contributed by atoms with Crippen molar-refractivity contribution in [2.45, 2.75) is 39.0 Å². The van der Waals surface area contributed by atoms with Gasteiger partial charge in [-0.25, -0.2) is 4.98 Å². The molecule has 0 bridgehead atoms. The number of hydrogen-bond donors (Lipinski definition) is 0. The minimum Gasteiger partial charge on any atom is -0.303 e. The number of Topliss-reactive ketones (excluding diaryl/α,β-unsaturated/α-hetero) is 1. The highest BCUT2D eigenvalue weighted by molar-refractivity contribution is 7.09. The number of likely N-dealkylation sites (tertiary alicyclic amines) is 1. The van der Waals surface area contributed by atoms with Gasteiger partial charge in [0.1, 0.15) is 5.69 Å². The Kier molecular flexibility index (Phi) is 4.68. The van der Waals surface area contributed by atoms with E-state index in [2.05, 4.69) is 9.88 Å². The molecule has 0 atom stereocenters. The first kappa shape index (κ1) is 12.7. The SMILES string of the molecule is CC(=O)c1csc(CCN2CCCCCC2)n1. The summed E-state index contributed by atoms with van der Waals surface area (Å²) in [6.07, 6.45) is 6.40. The normalized spacial score (nSPS) is 17.9. The monoisotopic (exact) mass is 252 g/mol. The van der Waals surface area contributed by atoms with E-state index in [0.29, 0.717) is 5.69 Å². The van der Waals surface area contributed by atoms with Crippen molar-refractivity contribution in [3.8, 4) is 0 Å². The van der Waals surface area contributed by atoms with E-state index < -0.39 is 0 Å². The van der Waals surface area contributed by atoms with E-state index >= 15 is 0 Å². The molecular weight excluding hydrogens is 232 g/mol. The molecule has 0 radical (unpaired) electrons. The first-order valence-electron chi connectivity index (χ1n) is 6.43. The first-order chi connectivity index (χ1) is 8.25. The Balaban J connectivity index is 1.81. The number of carbonyl (C=O) groups excluding carboxylic acids is 1. The van der Waals surface area contributed by atoms with E-state index in [4.69, 9.17) is 0 Å². The smallest absolute Gasteiger partial charge is 0.178 e. The van der Waals surface area contributed by atoms with Crippen molar-refractivity contribution in [2.75, 3.05) is 19.6 Å². The van der Waals surface area contributed by atoms with Gasteiger partial charge in [-0.15, -0.1) is 11.3 Å². The van der Waals surface area contributed by atoms with E-state index in [9.17, 15) is 4.79 Å². The van der Waals surface area contributed by atoms with E-state index in [1.807, 2.05) is 5.38 Å². The van der Waals surface area contributed by atoms with Crippen molar-refractivity contribution in [1.29, 1.82) is 0 Å². The molecular formula is C13H20N2OS. The summed E-state index contributed by atoms with van der Waals surface area (Å²) in [4.78, 5) is 18.0. The van der Waals surface area contributed by atoms with Crippen LogP contribution in [0, 0.1) is 0 Å². The Hall–Kier alpha value is -0.740. The summed E-state index contributed by atoms with van der Waals surface area (Å²) in [5.41, 5.74) is 0.626. The highest BCUT2D eigenvalue weighted by Gasteiger charge is 2.11. The Bertz CT molecular complexity index is 367. The minimum absolute atomic E-state index is 0.0715. The number of thiazole rings is 1. The zero-order chi connectivity index (χ0) is 12.1. The zero-order valence-corrected chi connectivity index (χ0v) is 11.3. The predicted octanol–water partition coefficient (Wildman–Crippen LogP) is 2.76. The van der Waals surface area contributed by atoms with Gasteiger partial charge in [0.25, 0.3) is 0 Å². The maximum absolute atomic E-state index is 11.1. The van der Waals surface area contributed by atoms with Gasteiger partial charge in [0, 0.05) is 25.3 Å². The molecule has 3 nitrogen and oxygen atoms in total. The maximum Gasteiger partial charge on any atom is 0.178 e. The standard InChI is InChI=1S/C13H20N2OS/c1-11(16)12-10-17-13(14-12)6-9-15-7-4-2-3-5-8-15/h10H,2-9H2,1H3. The topological polar surface area (TPSA) is 33.2 Å². The van der Waals surface area contributed by atoms with Crippen LogP contribution in [0.15, 0.2) is 5.38 Å². The van der Waals surface area contributed by atoms with Crippen LogP contribution in [0.1, 0.15) is 48.1 Å². The quantitative estimate of drug-likeness (QED) is 0.773. The second-order valence-corrected chi connectivity index (χ2v) is 5.63. The number of hydrogen-bond acceptors (Lipinski definition) is 4. The minimum atomic E-state index is 0.0715. The van der Waals surface area contributed by atoms with Crippen LogP contribution in [-0.4, -0.2) is 35.3 Å². The molecule has 0 aromatic carbocycles. The molecule has 0 N–H and O–H groups in total. The molecule has 0 spiro atoms. The fourth-order valence-electron chi connectivity index (χ4n) is 2.20. The van der Waals surface area contributed by atoms with Crippen molar-refractivity contribution in [1.82, 2.24) is 9.88 Å². The number of ketones is 1. The lowest BCUT2D eigenvalue weighted by Crippen LogP contribution is -2.26. The van der Waals surface area contributed by atoms with Gasteiger partial charge in [-0.2, -0.15) is 0 Å². The predicted molar refractivity (Wildman–Crippen MR) is 70.7 cm³/mol. The molecule has 1 aromatic heterocycles. The third-order valence-corrected chi connectivity index (χ3v) is 4.16. The summed E-state index contributed by atoms with van der Waals surface area (Å²) >= 11 is 1.61. The average molecular weight is 252 g/mol. The van der Waals surface area contributed by atoms with Gasteiger partial charge in [0.15, 0.2) is 5.78 Å². The zero-order valence-electron chi connectivity index (χ0n) is 10.4. The fourth-order valence-corrected chi connectivity index (χ4v) is 3.03.